The maximum atomic E-state index is 13.3. The van der Waals surface area contributed by atoms with Gasteiger partial charge in [0.2, 0.25) is 0 Å². The maximum Gasteiger partial charge on any atom is 0.416 e. The number of likely N-dealkylation sites (tertiary alicyclic amines) is 1. The van der Waals surface area contributed by atoms with E-state index in [0.717, 1.165) is 44.5 Å². The number of benzene rings is 2. The van der Waals surface area contributed by atoms with Crippen LogP contribution in [0.15, 0.2) is 48.5 Å². The lowest BCUT2D eigenvalue weighted by Crippen LogP contribution is -2.45. The largest absolute Gasteiger partial charge is 0.459 e. The molecule has 0 amide bonds. The van der Waals surface area contributed by atoms with Crippen LogP contribution in [0.5, 0.6) is 0 Å². The Morgan fingerprint density at radius 1 is 1.11 bits per heavy atom. The fourth-order valence-corrected chi connectivity index (χ4v) is 5.05. The van der Waals surface area contributed by atoms with E-state index in [1.165, 1.54) is 6.07 Å². The molecule has 2 aromatic rings. The van der Waals surface area contributed by atoms with Crippen LogP contribution in [0, 0.1) is 16.7 Å². The highest BCUT2D eigenvalue weighted by Crippen LogP contribution is 2.45. The van der Waals surface area contributed by atoms with Crippen molar-refractivity contribution in [2.45, 2.75) is 51.0 Å². The molecule has 2 heterocycles. The molecular formula is C27H29F3N2O3. The van der Waals surface area contributed by atoms with Gasteiger partial charge in [-0.3, -0.25) is 4.79 Å². The standard InChI is InChI=1S/C27H29F3N2O3/c1-25(2)18-26(35-24(25)33)9-11-32(12-10-26)13-14-34-23(20-6-3-5-19(15-20)17-31)21-7-4-8-22(16-21)27(28,29)30/h3-8,15-16,23H,9-14,18H2,1-2H3. The summed E-state index contributed by atoms with van der Waals surface area (Å²) in [6, 6.07) is 13.9. The lowest BCUT2D eigenvalue weighted by molar-refractivity contribution is -0.156. The highest BCUT2D eigenvalue weighted by molar-refractivity contribution is 5.78. The lowest BCUT2D eigenvalue weighted by Gasteiger charge is -2.38. The van der Waals surface area contributed by atoms with Gasteiger partial charge in [-0.1, -0.05) is 24.3 Å². The summed E-state index contributed by atoms with van der Waals surface area (Å²) in [6.07, 6.45) is -2.97. The predicted molar refractivity (Wildman–Crippen MR) is 123 cm³/mol. The number of halogens is 3. The van der Waals surface area contributed by atoms with Crippen LogP contribution in [0.4, 0.5) is 13.2 Å². The topological polar surface area (TPSA) is 62.6 Å². The van der Waals surface area contributed by atoms with Crippen LogP contribution < -0.4 is 0 Å². The first-order valence-corrected chi connectivity index (χ1v) is 11.8. The van der Waals surface area contributed by atoms with Crippen molar-refractivity contribution in [2.75, 3.05) is 26.2 Å². The summed E-state index contributed by atoms with van der Waals surface area (Å²) in [4.78, 5) is 14.4. The SMILES string of the molecule is CC1(C)CC2(CCN(CCOC(c3cccc(C#N)c3)c3cccc(C(F)(F)F)c3)CC2)OC1=O. The molecule has 186 valence electrons. The van der Waals surface area contributed by atoms with E-state index in [2.05, 4.69) is 11.0 Å². The summed E-state index contributed by atoms with van der Waals surface area (Å²) < 4.78 is 51.9. The van der Waals surface area contributed by atoms with Gasteiger partial charge in [-0.05, 0) is 49.2 Å². The Hall–Kier alpha value is -2.89. The van der Waals surface area contributed by atoms with Gasteiger partial charge in [0, 0.05) is 38.9 Å². The Balaban J connectivity index is 1.43. The van der Waals surface area contributed by atoms with E-state index in [1.54, 1.807) is 30.3 Å². The molecule has 2 aliphatic heterocycles. The van der Waals surface area contributed by atoms with Gasteiger partial charge in [-0.15, -0.1) is 0 Å². The summed E-state index contributed by atoms with van der Waals surface area (Å²) in [7, 11) is 0. The molecule has 8 heteroatoms. The van der Waals surface area contributed by atoms with Gasteiger partial charge < -0.3 is 14.4 Å². The summed E-state index contributed by atoms with van der Waals surface area (Å²) >= 11 is 0. The van der Waals surface area contributed by atoms with Gasteiger partial charge in [-0.25, -0.2) is 0 Å². The normalized spacial score (nSPS) is 20.4. The summed E-state index contributed by atoms with van der Waals surface area (Å²) in [5.74, 6) is -0.141. The average Bonchev–Trinajstić information content (AvgIpc) is 3.05. The minimum atomic E-state index is -4.46. The van der Waals surface area contributed by atoms with Crippen molar-refractivity contribution in [2.24, 2.45) is 5.41 Å². The third kappa shape index (κ3) is 5.68. The molecule has 2 saturated heterocycles. The zero-order valence-corrected chi connectivity index (χ0v) is 19.9. The van der Waals surface area contributed by atoms with E-state index in [1.807, 2.05) is 13.8 Å². The van der Waals surface area contributed by atoms with Crippen molar-refractivity contribution in [1.29, 1.82) is 5.26 Å². The molecule has 2 fully saturated rings. The first-order valence-electron chi connectivity index (χ1n) is 11.8. The number of carbonyl (C=O) groups excluding carboxylic acids is 1. The van der Waals surface area contributed by atoms with Crippen LogP contribution in [-0.4, -0.2) is 42.7 Å². The smallest absolute Gasteiger partial charge is 0.416 e. The van der Waals surface area contributed by atoms with Crippen LogP contribution in [0.2, 0.25) is 0 Å². The first-order chi connectivity index (χ1) is 16.5. The first kappa shape index (κ1) is 25.2. The van der Waals surface area contributed by atoms with E-state index in [0.29, 0.717) is 29.8 Å². The number of nitrogens with zero attached hydrogens (tertiary/aromatic N) is 2. The van der Waals surface area contributed by atoms with Crippen LogP contribution in [0.3, 0.4) is 0 Å². The number of hydrogen-bond acceptors (Lipinski definition) is 5. The Morgan fingerprint density at radius 3 is 2.37 bits per heavy atom. The lowest BCUT2D eigenvalue weighted by atomic mass is 9.79. The molecule has 0 saturated carbocycles. The number of ether oxygens (including phenoxy) is 2. The minimum Gasteiger partial charge on any atom is -0.459 e. The third-order valence-electron chi connectivity index (χ3n) is 6.92. The second kappa shape index (κ2) is 9.63. The summed E-state index contributed by atoms with van der Waals surface area (Å²) in [5.41, 5.74) is -0.167. The Bertz CT molecular complexity index is 1120. The summed E-state index contributed by atoms with van der Waals surface area (Å²) in [6.45, 7) is 6.24. The number of piperidine rings is 1. The van der Waals surface area contributed by atoms with Crippen molar-refractivity contribution in [3.63, 3.8) is 0 Å². The maximum absolute atomic E-state index is 13.3. The van der Waals surface area contributed by atoms with Gasteiger partial charge in [0.05, 0.1) is 29.2 Å². The zero-order valence-electron chi connectivity index (χ0n) is 19.9. The van der Waals surface area contributed by atoms with E-state index >= 15 is 0 Å². The van der Waals surface area contributed by atoms with Crippen molar-refractivity contribution in [1.82, 2.24) is 4.90 Å². The number of alkyl halides is 3. The second-order valence-corrected chi connectivity index (χ2v) is 10.1. The van der Waals surface area contributed by atoms with Crippen molar-refractivity contribution < 1.29 is 27.4 Å². The average molecular weight is 487 g/mol. The van der Waals surface area contributed by atoms with Gasteiger partial charge >= 0.3 is 12.1 Å². The van der Waals surface area contributed by atoms with Gasteiger partial charge in [0.15, 0.2) is 0 Å². The Morgan fingerprint density at radius 2 is 1.77 bits per heavy atom. The van der Waals surface area contributed by atoms with E-state index in [-0.39, 0.29) is 5.97 Å². The molecule has 2 aromatic carbocycles. The molecule has 0 aliphatic carbocycles. The zero-order chi connectivity index (χ0) is 25.3. The number of carbonyl (C=O) groups is 1. The summed E-state index contributed by atoms with van der Waals surface area (Å²) in [5, 5.41) is 9.27. The molecule has 0 N–H and O–H groups in total. The molecule has 1 unspecified atom stereocenters. The van der Waals surface area contributed by atoms with E-state index < -0.39 is 28.9 Å². The quantitative estimate of drug-likeness (QED) is 0.505. The molecule has 0 bridgehead atoms. The minimum absolute atomic E-state index is 0.141. The van der Waals surface area contributed by atoms with Gasteiger partial charge in [0.25, 0.3) is 0 Å². The van der Waals surface area contributed by atoms with E-state index in [4.69, 9.17) is 9.47 Å². The molecule has 0 aromatic heterocycles. The highest BCUT2D eigenvalue weighted by Gasteiger charge is 2.52. The van der Waals surface area contributed by atoms with Gasteiger partial charge in [0.1, 0.15) is 11.7 Å². The number of rotatable bonds is 6. The molecular weight excluding hydrogens is 457 g/mol. The number of esters is 1. The second-order valence-electron chi connectivity index (χ2n) is 10.1. The monoisotopic (exact) mass is 486 g/mol. The Labute approximate surface area is 203 Å². The van der Waals surface area contributed by atoms with E-state index in [9.17, 15) is 23.2 Å². The molecule has 5 nitrogen and oxygen atoms in total. The molecule has 1 atom stereocenters. The molecule has 35 heavy (non-hydrogen) atoms. The van der Waals surface area contributed by atoms with Gasteiger partial charge in [-0.2, -0.15) is 18.4 Å². The molecule has 0 radical (unpaired) electrons. The predicted octanol–water partition coefficient (Wildman–Crippen LogP) is 5.49. The Kier molecular flexibility index (Phi) is 6.94. The van der Waals surface area contributed by atoms with Crippen molar-refractivity contribution in [3.05, 3.63) is 70.8 Å². The van der Waals surface area contributed by atoms with Crippen LogP contribution in [0.25, 0.3) is 0 Å². The van der Waals surface area contributed by atoms with Crippen LogP contribution >= 0.6 is 0 Å². The van der Waals surface area contributed by atoms with Crippen molar-refractivity contribution in [3.8, 4) is 6.07 Å². The fourth-order valence-electron chi connectivity index (χ4n) is 5.05. The fraction of sp³-hybridized carbons (Fsp3) is 0.481. The third-order valence-corrected chi connectivity index (χ3v) is 6.92. The molecule has 2 aliphatic rings. The molecule has 4 rings (SSSR count). The van der Waals surface area contributed by atoms with Crippen LogP contribution in [-0.2, 0) is 20.4 Å². The van der Waals surface area contributed by atoms with Crippen molar-refractivity contribution >= 4 is 5.97 Å². The number of nitriles is 1. The highest BCUT2D eigenvalue weighted by atomic mass is 19.4. The van der Waals surface area contributed by atoms with Crippen LogP contribution in [0.1, 0.15) is 61.5 Å². The molecule has 1 spiro atoms. The number of hydrogen-bond donors (Lipinski definition) is 0.